The molecule has 0 radical (unpaired) electrons. The minimum absolute atomic E-state index is 0.724. The molecule has 1 aliphatic carbocycles. The second-order valence-electron chi connectivity index (χ2n) is 4.46. The molecule has 1 aromatic heterocycles. The SMILES string of the molecule is Nc1cc(CC2CC2)nn1-c1ccccc1. The molecule has 0 spiro atoms. The van der Waals surface area contributed by atoms with Crippen molar-refractivity contribution in [3.63, 3.8) is 0 Å². The molecule has 1 aromatic carbocycles. The average molecular weight is 213 g/mol. The smallest absolute Gasteiger partial charge is 0.127 e. The number of aromatic nitrogens is 2. The van der Waals surface area contributed by atoms with Crippen LogP contribution in [0.15, 0.2) is 36.4 Å². The van der Waals surface area contributed by atoms with E-state index in [1.54, 1.807) is 0 Å². The molecule has 2 N–H and O–H groups in total. The monoisotopic (exact) mass is 213 g/mol. The number of rotatable bonds is 3. The highest BCUT2D eigenvalue weighted by molar-refractivity contribution is 5.42. The van der Waals surface area contributed by atoms with E-state index in [1.807, 2.05) is 41.1 Å². The Morgan fingerprint density at radius 2 is 2.00 bits per heavy atom. The molecular weight excluding hydrogens is 198 g/mol. The fourth-order valence-corrected chi connectivity index (χ4v) is 1.94. The summed E-state index contributed by atoms with van der Waals surface area (Å²) in [5.74, 6) is 1.57. The van der Waals surface area contributed by atoms with Crippen LogP contribution < -0.4 is 5.73 Å². The Hall–Kier alpha value is -1.77. The maximum atomic E-state index is 5.97. The first-order chi connectivity index (χ1) is 7.83. The normalized spacial score (nSPS) is 15.2. The third-order valence-electron chi connectivity index (χ3n) is 2.98. The van der Waals surface area contributed by atoms with Gasteiger partial charge in [0.25, 0.3) is 0 Å². The maximum absolute atomic E-state index is 5.97. The molecule has 0 amide bonds. The lowest BCUT2D eigenvalue weighted by molar-refractivity contribution is 0.768. The Morgan fingerprint density at radius 3 is 2.69 bits per heavy atom. The van der Waals surface area contributed by atoms with Crippen LogP contribution in [0.2, 0.25) is 0 Å². The van der Waals surface area contributed by atoms with E-state index in [-0.39, 0.29) is 0 Å². The number of nitrogen functional groups attached to an aromatic ring is 1. The first kappa shape index (κ1) is 9.46. The summed E-state index contributed by atoms with van der Waals surface area (Å²) in [4.78, 5) is 0. The van der Waals surface area contributed by atoms with E-state index in [2.05, 4.69) is 5.10 Å². The highest BCUT2D eigenvalue weighted by Gasteiger charge is 2.23. The quantitative estimate of drug-likeness (QED) is 0.850. The maximum Gasteiger partial charge on any atom is 0.127 e. The van der Waals surface area contributed by atoms with Crippen molar-refractivity contribution >= 4 is 5.82 Å². The van der Waals surface area contributed by atoms with Crippen LogP contribution in [0.4, 0.5) is 5.82 Å². The second kappa shape index (κ2) is 3.67. The lowest BCUT2D eigenvalue weighted by atomic mass is 10.2. The zero-order valence-corrected chi connectivity index (χ0v) is 9.13. The van der Waals surface area contributed by atoms with Crippen LogP contribution in [-0.4, -0.2) is 9.78 Å². The van der Waals surface area contributed by atoms with Gasteiger partial charge in [-0.3, -0.25) is 0 Å². The van der Waals surface area contributed by atoms with Gasteiger partial charge in [0.2, 0.25) is 0 Å². The Kier molecular flexibility index (Phi) is 2.17. The summed E-state index contributed by atoms with van der Waals surface area (Å²) < 4.78 is 1.82. The first-order valence-electron chi connectivity index (χ1n) is 5.73. The molecule has 0 unspecified atom stereocenters. The average Bonchev–Trinajstić information content (AvgIpc) is 3.03. The summed E-state index contributed by atoms with van der Waals surface area (Å²) >= 11 is 0. The third-order valence-corrected chi connectivity index (χ3v) is 2.98. The van der Waals surface area contributed by atoms with Crippen molar-refractivity contribution in [2.75, 3.05) is 5.73 Å². The predicted molar refractivity (Wildman–Crippen MR) is 64.4 cm³/mol. The predicted octanol–water partition coefficient (Wildman–Crippen LogP) is 2.41. The summed E-state index contributed by atoms with van der Waals surface area (Å²) in [7, 11) is 0. The summed E-state index contributed by atoms with van der Waals surface area (Å²) in [5.41, 5.74) is 8.11. The molecule has 1 saturated carbocycles. The van der Waals surface area contributed by atoms with E-state index in [0.717, 1.165) is 29.5 Å². The molecule has 0 bridgehead atoms. The minimum Gasteiger partial charge on any atom is -0.384 e. The third kappa shape index (κ3) is 1.81. The Balaban J connectivity index is 1.91. The zero-order valence-electron chi connectivity index (χ0n) is 9.13. The number of hydrogen-bond donors (Lipinski definition) is 1. The van der Waals surface area contributed by atoms with Crippen LogP contribution in [0.3, 0.4) is 0 Å². The molecule has 2 aromatic rings. The summed E-state index contributed by atoms with van der Waals surface area (Å²) in [6.07, 6.45) is 3.76. The molecule has 3 nitrogen and oxygen atoms in total. The molecule has 0 atom stereocenters. The van der Waals surface area contributed by atoms with Gasteiger partial charge >= 0.3 is 0 Å². The number of anilines is 1. The van der Waals surface area contributed by atoms with Gasteiger partial charge in [-0.05, 0) is 37.3 Å². The van der Waals surface area contributed by atoms with Gasteiger partial charge in [-0.2, -0.15) is 5.10 Å². The van der Waals surface area contributed by atoms with E-state index in [4.69, 9.17) is 5.73 Å². The molecule has 3 rings (SSSR count). The summed E-state index contributed by atoms with van der Waals surface area (Å²) in [6, 6.07) is 12.0. The van der Waals surface area contributed by atoms with Crippen molar-refractivity contribution in [3.05, 3.63) is 42.1 Å². The first-order valence-corrected chi connectivity index (χ1v) is 5.73. The molecule has 0 saturated heterocycles. The molecule has 82 valence electrons. The number of benzene rings is 1. The lowest BCUT2D eigenvalue weighted by Gasteiger charge is -2.02. The number of hydrogen-bond acceptors (Lipinski definition) is 2. The van der Waals surface area contributed by atoms with E-state index >= 15 is 0 Å². The molecular formula is C13H15N3. The van der Waals surface area contributed by atoms with Crippen molar-refractivity contribution in [2.45, 2.75) is 19.3 Å². The molecule has 3 heteroatoms. The largest absolute Gasteiger partial charge is 0.384 e. The van der Waals surface area contributed by atoms with Crippen LogP contribution in [0, 0.1) is 5.92 Å². The van der Waals surface area contributed by atoms with Crippen molar-refractivity contribution in [2.24, 2.45) is 5.92 Å². The number of para-hydroxylation sites is 1. The number of nitrogens with zero attached hydrogens (tertiary/aromatic N) is 2. The van der Waals surface area contributed by atoms with Crippen LogP contribution >= 0.6 is 0 Å². The minimum atomic E-state index is 0.724. The molecule has 1 heterocycles. The van der Waals surface area contributed by atoms with Crippen LogP contribution in [0.25, 0.3) is 5.69 Å². The standard InChI is InChI=1S/C13H15N3/c14-13-9-11(8-10-6-7-10)15-16(13)12-4-2-1-3-5-12/h1-5,9-10H,6-8,14H2. The fourth-order valence-electron chi connectivity index (χ4n) is 1.94. The van der Waals surface area contributed by atoms with Crippen LogP contribution in [0.5, 0.6) is 0 Å². The lowest BCUT2D eigenvalue weighted by Crippen LogP contribution is -2.01. The molecule has 0 aliphatic heterocycles. The molecule has 16 heavy (non-hydrogen) atoms. The number of nitrogens with two attached hydrogens (primary N) is 1. The van der Waals surface area contributed by atoms with Gasteiger partial charge in [0, 0.05) is 6.07 Å². The Labute approximate surface area is 94.9 Å². The summed E-state index contributed by atoms with van der Waals surface area (Å²) in [5, 5.41) is 4.55. The van der Waals surface area contributed by atoms with Crippen LogP contribution in [0.1, 0.15) is 18.5 Å². The van der Waals surface area contributed by atoms with E-state index < -0.39 is 0 Å². The van der Waals surface area contributed by atoms with Gasteiger partial charge in [-0.1, -0.05) is 18.2 Å². The summed E-state index contributed by atoms with van der Waals surface area (Å²) in [6.45, 7) is 0. The molecule has 1 aliphatic rings. The van der Waals surface area contributed by atoms with Crippen molar-refractivity contribution < 1.29 is 0 Å². The Morgan fingerprint density at radius 1 is 1.25 bits per heavy atom. The van der Waals surface area contributed by atoms with Gasteiger partial charge < -0.3 is 5.73 Å². The van der Waals surface area contributed by atoms with Gasteiger partial charge in [0.05, 0.1) is 11.4 Å². The topological polar surface area (TPSA) is 43.8 Å². The van der Waals surface area contributed by atoms with Crippen molar-refractivity contribution in [3.8, 4) is 5.69 Å². The van der Waals surface area contributed by atoms with Gasteiger partial charge in [0.15, 0.2) is 0 Å². The highest BCUT2D eigenvalue weighted by atomic mass is 15.3. The van der Waals surface area contributed by atoms with Crippen molar-refractivity contribution in [1.29, 1.82) is 0 Å². The van der Waals surface area contributed by atoms with E-state index in [0.29, 0.717) is 0 Å². The zero-order chi connectivity index (χ0) is 11.0. The molecule has 1 fully saturated rings. The second-order valence-corrected chi connectivity index (χ2v) is 4.46. The highest BCUT2D eigenvalue weighted by Crippen LogP contribution is 2.32. The fraction of sp³-hybridized carbons (Fsp3) is 0.308. The van der Waals surface area contributed by atoms with Crippen LogP contribution in [-0.2, 0) is 6.42 Å². The Bertz CT molecular complexity index is 483. The van der Waals surface area contributed by atoms with E-state index in [1.165, 1.54) is 12.8 Å². The van der Waals surface area contributed by atoms with Gasteiger partial charge in [-0.15, -0.1) is 0 Å². The van der Waals surface area contributed by atoms with E-state index in [9.17, 15) is 0 Å². The van der Waals surface area contributed by atoms with Gasteiger partial charge in [0.1, 0.15) is 5.82 Å². The van der Waals surface area contributed by atoms with Gasteiger partial charge in [-0.25, -0.2) is 4.68 Å². The van der Waals surface area contributed by atoms with Crippen molar-refractivity contribution in [1.82, 2.24) is 9.78 Å².